The van der Waals surface area contributed by atoms with Crippen molar-refractivity contribution in [3.8, 4) is 11.1 Å². The molecule has 32 heavy (non-hydrogen) atoms. The predicted molar refractivity (Wildman–Crippen MR) is 124 cm³/mol. The van der Waals surface area contributed by atoms with Crippen LogP contribution >= 0.6 is 35.3 Å². The summed E-state index contributed by atoms with van der Waals surface area (Å²) < 4.78 is 27.0. The fourth-order valence-corrected chi connectivity index (χ4v) is 5.12. The van der Waals surface area contributed by atoms with E-state index in [-0.39, 0.29) is 18.2 Å². The van der Waals surface area contributed by atoms with Gasteiger partial charge in [-0.1, -0.05) is 30.0 Å². The summed E-state index contributed by atoms with van der Waals surface area (Å²) in [5.41, 5.74) is 1.26. The lowest BCUT2D eigenvalue weighted by molar-refractivity contribution is -0.138. The van der Waals surface area contributed by atoms with Crippen LogP contribution in [0.1, 0.15) is 24.1 Å². The second kappa shape index (κ2) is 10.8. The summed E-state index contributed by atoms with van der Waals surface area (Å²) in [5.74, 6) is -3.51. The standard InChI is InChI=1S/C21H18F2N2O4S3/c22-15-5-4-12(8-16(15)23)13-7-14(31-11-13)9-17-20(29)25(21(30)32-17)6-2-1-3-18(26)24-10-19(27)28/h4-5,7-9,11H,1-3,6,10H2,(H,24,26)(H,27,28). The van der Waals surface area contributed by atoms with Gasteiger partial charge in [-0.2, -0.15) is 0 Å². The first-order chi connectivity index (χ1) is 15.2. The molecule has 2 N–H and O–H groups in total. The lowest BCUT2D eigenvalue weighted by atomic mass is 10.1. The molecule has 2 aromatic rings. The minimum absolute atomic E-state index is 0.167. The molecule has 0 radical (unpaired) electrons. The highest BCUT2D eigenvalue weighted by atomic mass is 32.2. The van der Waals surface area contributed by atoms with E-state index in [2.05, 4.69) is 5.32 Å². The maximum atomic E-state index is 13.5. The number of rotatable bonds is 9. The summed E-state index contributed by atoms with van der Waals surface area (Å²) in [6.45, 7) is -0.0579. The van der Waals surface area contributed by atoms with Gasteiger partial charge in [-0.15, -0.1) is 11.3 Å². The lowest BCUT2D eigenvalue weighted by Crippen LogP contribution is -2.30. The molecule has 1 aliphatic heterocycles. The van der Waals surface area contributed by atoms with E-state index in [4.69, 9.17) is 17.3 Å². The third-order valence-electron chi connectivity index (χ3n) is 4.49. The Kier molecular flexibility index (Phi) is 8.10. The number of thioether (sulfide) groups is 1. The number of carboxylic acids is 1. The highest BCUT2D eigenvalue weighted by Gasteiger charge is 2.31. The van der Waals surface area contributed by atoms with E-state index in [1.807, 2.05) is 0 Å². The Morgan fingerprint density at radius 2 is 1.94 bits per heavy atom. The largest absolute Gasteiger partial charge is 0.480 e. The highest BCUT2D eigenvalue weighted by Crippen LogP contribution is 2.35. The monoisotopic (exact) mass is 496 g/mol. The minimum atomic E-state index is -1.11. The van der Waals surface area contributed by atoms with Crippen molar-refractivity contribution in [2.45, 2.75) is 19.3 Å². The number of amides is 2. The van der Waals surface area contributed by atoms with Crippen molar-refractivity contribution in [2.24, 2.45) is 0 Å². The van der Waals surface area contributed by atoms with E-state index in [1.54, 1.807) is 17.5 Å². The maximum Gasteiger partial charge on any atom is 0.322 e. The van der Waals surface area contributed by atoms with Crippen LogP contribution in [0.4, 0.5) is 8.78 Å². The molecule has 2 heterocycles. The van der Waals surface area contributed by atoms with Crippen LogP contribution in [0.2, 0.25) is 0 Å². The second-order valence-corrected chi connectivity index (χ2v) is 9.45. The van der Waals surface area contributed by atoms with Crippen molar-refractivity contribution >= 4 is 63.5 Å². The van der Waals surface area contributed by atoms with Gasteiger partial charge in [0.15, 0.2) is 11.6 Å². The molecule has 0 unspecified atom stereocenters. The van der Waals surface area contributed by atoms with Crippen LogP contribution in [0, 0.1) is 11.6 Å². The zero-order valence-corrected chi connectivity index (χ0v) is 19.0. The van der Waals surface area contributed by atoms with Gasteiger partial charge in [-0.25, -0.2) is 8.78 Å². The maximum absolute atomic E-state index is 13.5. The Bertz CT molecular complexity index is 1100. The van der Waals surface area contributed by atoms with Gasteiger partial charge < -0.3 is 10.4 Å². The van der Waals surface area contributed by atoms with Crippen LogP contribution in [0.25, 0.3) is 17.2 Å². The molecule has 0 atom stereocenters. The zero-order valence-electron chi connectivity index (χ0n) is 16.6. The number of carbonyl (C=O) groups is 3. The number of thiophene rings is 1. The smallest absolute Gasteiger partial charge is 0.322 e. The van der Waals surface area contributed by atoms with Gasteiger partial charge in [-0.05, 0) is 53.6 Å². The second-order valence-electron chi connectivity index (χ2n) is 6.83. The zero-order chi connectivity index (χ0) is 23.3. The molecule has 6 nitrogen and oxygen atoms in total. The third-order valence-corrected chi connectivity index (χ3v) is 6.75. The molecule has 1 saturated heterocycles. The van der Waals surface area contributed by atoms with Crippen molar-refractivity contribution in [3.63, 3.8) is 0 Å². The Morgan fingerprint density at radius 3 is 2.66 bits per heavy atom. The molecule has 0 bridgehead atoms. The minimum Gasteiger partial charge on any atom is -0.480 e. The van der Waals surface area contributed by atoms with Crippen molar-refractivity contribution < 1.29 is 28.3 Å². The fraction of sp³-hybridized carbons (Fsp3) is 0.238. The van der Waals surface area contributed by atoms with Crippen LogP contribution < -0.4 is 5.32 Å². The summed E-state index contributed by atoms with van der Waals surface area (Å²) in [7, 11) is 0. The summed E-state index contributed by atoms with van der Waals surface area (Å²) in [6.07, 6.45) is 2.91. The van der Waals surface area contributed by atoms with E-state index in [1.165, 1.54) is 34.1 Å². The number of carboxylic acid groups (broad SMARTS) is 1. The van der Waals surface area contributed by atoms with Crippen molar-refractivity contribution in [3.05, 3.63) is 51.1 Å². The van der Waals surface area contributed by atoms with Crippen molar-refractivity contribution in [1.82, 2.24) is 10.2 Å². The van der Waals surface area contributed by atoms with Gasteiger partial charge in [0.05, 0.1) is 4.91 Å². The molecule has 168 valence electrons. The first kappa shape index (κ1) is 24.0. The van der Waals surface area contributed by atoms with Crippen LogP contribution in [0.15, 0.2) is 34.6 Å². The number of halogens is 2. The molecule has 0 saturated carbocycles. The van der Waals surface area contributed by atoms with Crippen molar-refractivity contribution in [1.29, 1.82) is 0 Å². The molecule has 1 aromatic carbocycles. The Hall–Kier alpha value is -2.63. The van der Waals surface area contributed by atoms with Crippen molar-refractivity contribution in [2.75, 3.05) is 13.1 Å². The first-order valence-corrected chi connectivity index (χ1v) is 11.6. The Balaban J connectivity index is 1.56. The summed E-state index contributed by atoms with van der Waals surface area (Å²) in [6, 6.07) is 5.48. The quantitative estimate of drug-likeness (QED) is 0.306. The summed E-state index contributed by atoms with van der Waals surface area (Å²) in [5, 5.41) is 12.6. The van der Waals surface area contributed by atoms with Gasteiger partial charge in [-0.3, -0.25) is 19.3 Å². The molecular weight excluding hydrogens is 478 g/mol. The first-order valence-electron chi connectivity index (χ1n) is 9.52. The number of aliphatic carboxylic acids is 1. The molecule has 11 heteroatoms. The van der Waals surface area contributed by atoms with Gasteiger partial charge in [0, 0.05) is 17.8 Å². The van der Waals surface area contributed by atoms with Gasteiger partial charge in [0.2, 0.25) is 5.91 Å². The van der Waals surface area contributed by atoms with Crippen LogP contribution in [-0.4, -0.2) is 45.2 Å². The number of unbranched alkanes of at least 4 members (excludes halogenated alkanes) is 1. The molecule has 0 spiro atoms. The molecular formula is C21H18F2N2O4S3. The molecule has 2 amide bonds. The number of nitrogens with one attached hydrogen (secondary N) is 1. The fourth-order valence-electron chi connectivity index (χ4n) is 2.90. The third kappa shape index (κ3) is 6.21. The van der Waals surface area contributed by atoms with Gasteiger partial charge in [0.25, 0.3) is 5.91 Å². The molecule has 1 aromatic heterocycles. The van der Waals surface area contributed by atoms with E-state index in [0.717, 1.165) is 22.6 Å². The van der Waals surface area contributed by atoms with E-state index < -0.39 is 24.1 Å². The average Bonchev–Trinajstić information content (AvgIpc) is 3.31. The number of hydrogen-bond donors (Lipinski definition) is 2. The average molecular weight is 497 g/mol. The van der Waals surface area contributed by atoms with Gasteiger partial charge >= 0.3 is 5.97 Å². The Morgan fingerprint density at radius 1 is 1.16 bits per heavy atom. The molecule has 3 rings (SSSR count). The molecule has 0 aliphatic carbocycles. The van der Waals surface area contributed by atoms with Crippen LogP contribution in [0.5, 0.6) is 0 Å². The van der Waals surface area contributed by atoms with E-state index in [9.17, 15) is 23.2 Å². The van der Waals surface area contributed by atoms with Crippen LogP contribution in [0.3, 0.4) is 0 Å². The van der Waals surface area contributed by atoms with E-state index in [0.29, 0.717) is 34.2 Å². The normalized spacial score (nSPS) is 14.9. The number of hydrogen-bond acceptors (Lipinski definition) is 6. The number of nitrogens with zero attached hydrogens (tertiary/aromatic N) is 1. The molecule has 1 fully saturated rings. The summed E-state index contributed by atoms with van der Waals surface area (Å²) in [4.78, 5) is 37.4. The lowest BCUT2D eigenvalue weighted by Gasteiger charge is -2.13. The highest BCUT2D eigenvalue weighted by molar-refractivity contribution is 8.26. The number of thiocarbonyl (C=S) groups is 1. The predicted octanol–water partition coefficient (Wildman–Crippen LogP) is 4.27. The number of benzene rings is 1. The van der Waals surface area contributed by atoms with Gasteiger partial charge in [0.1, 0.15) is 10.9 Å². The molecule has 1 aliphatic rings. The van der Waals surface area contributed by atoms with Crippen LogP contribution in [-0.2, 0) is 14.4 Å². The Labute approximate surface area is 196 Å². The topological polar surface area (TPSA) is 86.7 Å². The van der Waals surface area contributed by atoms with E-state index >= 15 is 0 Å². The number of carbonyl (C=O) groups excluding carboxylic acids is 2. The summed E-state index contributed by atoms with van der Waals surface area (Å²) >= 11 is 7.85. The SMILES string of the molecule is O=C(O)CNC(=O)CCCCN1C(=O)C(=Cc2cc(-c3ccc(F)c(F)c3)cs2)SC1=S.